The molecule has 1 aromatic carbocycles. The molecular weight excluding hydrogens is 475 g/mol. The summed E-state index contributed by atoms with van der Waals surface area (Å²) in [5, 5.41) is 12.2. The average Bonchev–Trinajstić information content (AvgIpc) is 3.35. The highest BCUT2D eigenvalue weighted by Crippen LogP contribution is 2.27. The lowest BCUT2D eigenvalue weighted by Gasteiger charge is -2.29. The number of halogens is 1. The maximum Gasteiger partial charge on any atom is 0.194 e. The Balaban J connectivity index is 0.00000240. The van der Waals surface area contributed by atoms with Crippen LogP contribution in [0, 0.1) is 6.92 Å². The van der Waals surface area contributed by atoms with Crippen LogP contribution >= 0.6 is 24.0 Å². The third-order valence-corrected chi connectivity index (χ3v) is 6.25. The minimum absolute atomic E-state index is 0. The molecule has 1 aliphatic heterocycles. The first-order valence-electron chi connectivity index (χ1n) is 10.7. The van der Waals surface area contributed by atoms with Gasteiger partial charge >= 0.3 is 0 Å². The van der Waals surface area contributed by atoms with Crippen LogP contribution in [0.15, 0.2) is 35.3 Å². The fourth-order valence-corrected chi connectivity index (χ4v) is 4.35. The second-order valence-corrected chi connectivity index (χ2v) is 8.18. The topological polar surface area (TPSA) is 58.3 Å². The van der Waals surface area contributed by atoms with Gasteiger partial charge in [-0.15, -0.1) is 34.2 Å². The number of rotatable bonds is 4. The van der Waals surface area contributed by atoms with Crippen molar-refractivity contribution in [2.24, 2.45) is 12.0 Å². The number of nitrogens with zero attached hydrogens (tertiary/aromatic N) is 5. The number of guanidine groups is 1. The molecule has 0 radical (unpaired) electrons. The fourth-order valence-electron chi connectivity index (χ4n) is 4.35. The van der Waals surface area contributed by atoms with Crippen molar-refractivity contribution < 1.29 is 0 Å². The molecule has 2 heterocycles. The molecule has 0 bridgehead atoms. The number of benzene rings is 1. The Bertz CT molecular complexity index is 797. The van der Waals surface area contributed by atoms with Crippen LogP contribution in [-0.2, 0) is 13.6 Å². The number of nitrogens with one attached hydrogen (secondary N) is 1. The lowest BCUT2D eigenvalue weighted by molar-refractivity contribution is 0.388. The summed E-state index contributed by atoms with van der Waals surface area (Å²) in [5.41, 5.74) is 1.44. The summed E-state index contributed by atoms with van der Waals surface area (Å²) in [4.78, 5) is 7.42. The predicted molar refractivity (Wildman–Crippen MR) is 128 cm³/mol. The Morgan fingerprint density at radius 1 is 1.10 bits per heavy atom. The minimum Gasteiger partial charge on any atom is -0.353 e. The average molecular weight is 508 g/mol. The number of aromatic nitrogens is 3. The second-order valence-electron chi connectivity index (χ2n) is 8.18. The van der Waals surface area contributed by atoms with Gasteiger partial charge in [0.25, 0.3) is 0 Å². The van der Waals surface area contributed by atoms with Gasteiger partial charge in [-0.1, -0.05) is 49.6 Å². The largest absolute Gasteiger partial charge is 0.353 e. The summed E-state index contributed by atoms with van der Waals surface area (Å²) in [7, 11) is 2.01. The van der Waals surface area contributed by atoms with Gasteiger partial charge in [0, 0.05) is 32.1 Å². The van der Waals surface area contributed by atoms with Crippen LogP contribution in [0.3, 0.4) is 0 Å². The predicted octanol–water partition coefficient (Wildman–Crippen LogP) is 4.01. The highest BCUT2D eigenvalue weighted by Gasteiger charge is 2.27. The lowest BCUT2D eigenvalue weighted by Crippen LogP contribution is -2.45. The van der Waals surface area contributed by atoms with Gasteiger partial charge in [0.1, 0.15) is 12.4 Å². The number of aliphatic imine (C=N–C) groups is 1. The van der Waals surface area contributed by atoms with E-state index in [1.54, 1.807) is 0 Å². The number of likely N-dealkylation sites (tertiary alicyclic amines) is 1. The molecule has 2 aliphatic rings. The highest BCUT2D eigenvalue weighted by atomic mass is 127. The van der Waals surface area contributed by atoms with Gasteiger partial charge < -0.3 is 14.8 Å². The molecule has 1 aromatic heterocycles. The van der Waals surface area contributed by atoms with Crippen LogP contribution in [0.4, 0.5) is 0 Å². The Morgan fingerprint density at radius 2 is 1.86 bits per heavy atom. The number of aryl methyl sites for hydroxylation is 1. The molecule has 29 heavy (non-hydrogen) atoms. The fraction of sp³-hybridized carbons (Fsp3) is 0.591. The van der Waals surface area contributed by atoms with Crippen molar-refractivity contribution in [3.63, 3.8) is 0 Å². The standard InChI is InChI=1S/C22H32N6.HI/c1-17-25-26-21(27(17)2)15-23-22(24-20-11-7-4-8-12-20)28-14-13-19(16-28)18-9-5-3-6-10-18;/h3,5-6,9-10,19-20H,4,7-8,11-16H2,1-2H3,(H,23,24);1H. The van der Waals surface area contributed by atoms with E-state index in [1.165, 1.54) is 44.1 Å². The van der Waals surface area contributed by atoms with E-state index in [1.807, 2.05) is 18.5 Å². The van der Waals surface area contributed by atoms with Gasteiger partial charge in [-0.05, 0) is 31.7 Å². The van der Waals surface area contributed by atoms with Crippen LogP contribution in [0.25, 0.3) is 0 Å². The number of hydrogen-bond donors (Lipinski definition) is 1. The first kappa shape index (κ1) is 22.1. The normalized spacial score (nSPS) is 20.6. The van der Waals surface area contributed by atoms with Crippen molar-refractivity contribution in [3.8, 4) is 0 Å². The molecule has 1 saturated carbocycles. The molecule has 1 aliphatic carbocycles. The van der Waals surface area contributed by atoms with Crippen LogP contribution in [-0.4, -0.2) is 44.8 Å². The summed E-state index contributed by atoms with van der Waals surface area (Å²) in [6, 6.07) is 11.4. The van der Waals surface area contributed by atoms with Crippen LogP contribution in [0.1, 0.15) is 61.7 Å². The summed E-state index contributed by atoms with van der Waals surface area (Å²) >= 11 is 0. The Hall–Kier alpha value is -1.64. The van der Waals surface area contributed by atoms with E-state index in [4.69, 9.17) is 4.99 Å². The Morgan fingerprint density at radius 3 is 2.55 bits per heavy atom. The van der Waals surface area contributed by atoms with Gasteiger partial charge in [-0.2, -0.15) is 0 Å². The lowest BCUT2D eigenvalue weighted by atomic mass is 9.96. The van der Waals surface area contributed by atoms with E-state index in [0.29, 0.717) is 18.5 Å². The zero-order valence-corrected chi connectivity index (χ0v) is 19.9. The van der Waals surface area contributed by atoms with Crippen LogP contribution in [0.2, 0.25) is 0 Å². The van der Waals surface area contributed by atoms with Gasteiger partial charge in [0.2, 0.25) is 0 Å². The Kier molecular flexibility index (Phi) is 7.91. The molecule has 4 rings (SSSR count). The van der Waals surface area contributed by atoms with Gasteiger partial charge in [-0.25, -0.2) is 4.99 Å². The van der Waals surface area contributed by atoms with Crippen LogP contribution < -0.4 is 5.32 Å². The first-order chi connectivity index (χ1) is 13.7. The quantitative estimate of drug-likeness (QED) is 0.385. The molecule has 1 saturated heterocycles. The van der Waals surface area contributed by atoms with E-state index in [2.05, 4.69) is 50.7 Å². The van der Waals surface area contributed by atoms with Crippen molar-refractivity contribution in [2.75, 3.05) is 13.1 Å². The molecule has 0 amide bonds. The highest BCUT2D eigenvalue weighted by molar-refractivity contribution is 14.0. The summed E-state index contributed by atoms with van der Waals surface area (Å²) in [5.74, 6) is 3.47. The zero-order valence-electron chi connectivity index (χ0n) is 17.5. The van der Waals surface area contributed by atoms with Crippen molar-refractivity contribution in [2.45, 2.75) is 64.0 Å². The molecule has 2 aromatic rings. The maximum absolute atomic E-state index is 4.98. The minimum atomic E-state index is 0. The Labute approximate surface area is 191 Å². The molecule has 1 N–H and O–H groups in total. The molecule has 6 nitrogen and oxygen atoms in total. The van der Waals surface area contributed by atoms with Gasteiger partial charge in [0.05, 0.1) is 0 Å². The molecule has 0 spiro atoms. The molecular formula is C22H33IN6. The smallest absolute Gasteiger partial charge is 0.194 e. The molecule has 7 heteroatoms. The monoisotopic (exact) mass is 508 g/mol. The third-order valence-electron chi connectivity index (χ3n) is 6.25. The van der Waals surface area contributed by atoms with E-state index < -0.39 is 0 Å². The summed E-state index contributed by atoms with van der Waals surface area (Å²) in [6.07, 6.45) is 7.68. The molecule has 1 unspecified atom stereocenters. The maximum atomic E-state index is 4.98. The van der Waals surface area contributed by atoms with Crippen molar-refractivity contribution in [3.05, 3.63) is 47.5 Å². The number of hydrogen-bond acceptors (Lipinski definition) is 3. The van der Waals surface area contributed by atoms with Crippen molar-refractivity contribution in [1.82, 2.24) is 25.0 Å². The van der Waals surface area contributed by atoms with Gasteiger partial charge in [-0.3, -0.25) is 0 Å². The van der Waals surface area contributed by atoms with Crippen LogP contribution in [0.5, 0.6) is 0 Å². The second kappa shape index (κ2) is 10.4. The van der Waals surface area contributed by atoms with E-state index in [-0.39, 0.29) is 24.0 Å². The van der Waals surface area contributed by atoms with E-state index in [0.717, 1.165) is 30.7 Å². The van der Waals surface area contributed by atoms with E-state index >= 15 is 0 Å². The van der Waals surface area contributed by atoms with E-state index in [9.17, 15) is 0 Å². The third kappa shape index (κ3) is 5.49. The van der Waals surface area contributed by atoms with Crippen molar-refractivity contribution in [1.29, 1.82) is 0 Å². The summed E-state index contributed by atoms with van der Waals surface area (Å²) in [6.45, 7) is 4.63. The van der Waals surface area contributed by atoms with Crippen molar-refractivity contribution >= 4 is 29.9 Å². The molecule has 158 valence electrons. The molecule has 1 atom stereocenters. The summed E-state index contributed by atoms with van der Waals surface area (Å²) < 4.78 is 2.03. The SMILES string of the molecule is Cc1nnc(CN=C(NC2CCCCC2)N2CCC(c3ccccc3)C2)n1C.I. The van der Waals surface area contributed by atoms with Gasteiger partial charge in [0.15, 0.2) is 11.8 Å². The first-order valence-corrected chi connectivity index (χ1v) is 10.7. The molecule has 2 fully saturated rings. The zero-order chi connectivity index (χ0) is 19.3.